The molecule has 1 aromatic heterocycles. The Morgan fingerprint density at radius 3 is 3.00 bits per heavy atom. The molecule has 0 aromatic carbocycles. The first-order valence-corrected chi connectivity index (χ1v) is 8.22. The van der Waals surface area contributed by atoms with Crippen LogP contribution in [0.4, 0.5) is 8.63 Å². The average molecular weight is 327 g/mol. The maximum atomic E-state index is 13.2. The zero-order chi connectivity index (χ0) is 16.9. The standard InChI is InChI=1S/C18H20BF2N3/c1-2-23-12-4-6-15(14-23)9-10-16(17-7-3-11-22-17)18-8-5-13-24(18)19(20)21/h3,5,7-11,13-14H,2,4,6,12H2,1H3/b10-9+,17-16-. The van der Waals surface area contributed by atoms with Crippen LogP contribution in [0.25, 0.3) is 5.57 Å². The summed E-state index contributed by atoms with van der Waals surface area (Å²) in [7, 11) is -2.57. The van der Waals surface area contributed by atoms with Crippen molar-refractivity contribution in [1.82, 2.24) is 9.38 Å². The fourth-order valence-electron chi connectivity index (χ4n) is 2.97. The van der Waals surface area contributed by atoms with Crippen molar-refractivity contribution in [2.75, 3.05) is 13.1 Å². The van der Waals surface area contributed by atoms with Gasteiger partial charge in [0.1, 0.15) is 0 Å². The molecule has 0 aliphatic carbocycles. The van der Waals surface area contributed by atoms with Gasteiger partial charge in [-0.15, -0.1) is 0 Å². The van der Waals surface area contributed by atoms with Gasteiger partial charge in [-0.3, -0.25) is 13.6 Å². The lowest BCUT2D eigenvalue weighted by molar-refractivity contribution is 0.368. The normalized spacial score (nSPS) is 19.3. The number of aliphatic imine (C=N–C) groups is 1. The molecule has 0 bridgehead atoms. The minimum Gasteiger partial charge on any atom is -0.377 e. The molecule has 6 heteroatoms. The Hall–Kier alpha value is -2.37. The van der Waals surface area contributed by atoms with E-state index >= 15 is 0 Å². The molecule has 1 aromatic rings. The molecular formula is C18H20BF2N3. The molecule has 2 aliphatic heterocycles. The predicted octanol–water partition coefficient (Wildman–Crippen LogP) is 4.17. The molecule has 3 rings (SSSR count). The van der Waals surface area contributed by atoms with Crippen LogP contribution in [0.5, 0.6) is 0 Å². The molecule has 2 aliphatic rings. The van der Waals surface area contributed by atoms with E-state index in [0.29, 0.717) is 17.0 Å². The molecule has 0 fully saturated rings. The first kappa shape index (κ1) is 16.5. The average Bonchev–Trinajstić information content (AvgIpc) is 3.27. The van der Waals surface area contributed by atoms with Crippen LogP contribution in [0.1, 0.15) is 25.5 Å². The van der Waals surface area contributed by atoms with Gasteiger partial charge in [-0.2, -0.15) is 0 Å². The second kappa shape index (κ2) is 7.47. The molecule has 3 nitrogen and oxygen atoms in total. The second-order valence-corrected chi connectivity index (χ2v) is 5.78. The van der Waals surface area contributed by atoms with Crippen LogP contribution in [-0.2, 0) is 0 Å². The third kappa shape index (κ3) is 3.58. The van der Waals surface area contributed by atoms with Crippen LogP contribution >= 0.6 is 0 Å². The molecule has 0 saturated heterocycles. The summed E-state index contributed by atoms with van der Waals surface area (Å²) in [6.07, 6.45) is 14.9. The van der Waals surface area contributed by atoms with Crippen molar-refractivity contribution in [3.63, 3.8) is 0 Å². The monoisotopic (exact) mass is 327 g/mol. The molecule has 0 saturated carbocycles. The van der Waals surface area contributed by atoms with Gasteiger partial charge in [0.15, 0.2) is 0 Å². The van der Waals surface area contributed by atoms with E-state index < -0.39 is 7.40 Å². The van der Waals surface area contributed by atoms with Crippen molar-refractivity contribution in [2.24, 2.45) is 4.99 Å². The van der Waals surface area contributed by atoms with Gasteiger partial charge in [-0.25, -0.2) is 0 Å². The van der Waals surface area contributed by atoms with Gasteiger partial charge in [0.25, 0.3) is 0 Å². The predicted molar refractivity (Wildman–Crippen MR) is 96.1 cm³/mol. The van der Waals surface area contributed by atoms with E-state index in [2.05, 4.69) is 23.0 Å². The fraction of sp³-hybridized carbons (Fsp3) is 0.278. The number of nitrogens with zero attached hydrogens (tertiary/aromatic N) is 3. The lowest BCUT2D eigenvalue weighted by Crippen LogP contribution is -2.21. The van der Waals surface area contributed by atoms with E-state index in [1.807, 2.05) is 24.3 Å². The van der Waals surface area contributed by atoms with E-state index in [0.717, 1.165) is 30.4 Å². The first-order chi connectivity index (χ1) is 11.7. The van der Waals surface area contributed by atoms with E-state index in [1.54, 1.807) is 18.3 Å². The second-order valence-electron chi connectivity index (χ2n) is 5.78. The number of aromatic nitrogens is 1. The van der Waals surface area contributed by atoms with E-state index in [4.69, 9.17) is 0 Å². The van der Waals surface area contributed by atoms with Gasteiger partial charge in [-0.1, -0.05) is 12.2 Å². The number of allylic oxidation sites excluding steroid dienone is 6. The van der Waals surface area contributed by atoms with Crippen molar-refractivity contribution in [1.29, 1.82) is 0 Å². The Kier molecular flexibility index (Phi) is 5.13. The third-order valence-corrected chi connectivity index (χ3v) is 4.22. The molecule has 0 spiro atoms. The van der Waals surface area contributed by atoms with Gasteiger partial charge in [0.2, 0.25) is 0 Å². The van der Waals surface area contributed by atoms with Crippen LogP contribution < -0.4 is 0 Å². The molecule has 0 unspecified atom stereocenters. The number of rotatable bonds is 5. The van der Waals surface area contributed by atoms with Gasteiger partial charge < -0.3 is 9.38 Å². The third-order valence-electron chi connectivity index (χ3n) is 4.22. The van der Waals surface area contributed by atoms with Gasteiger partial charge in [0.05, 0.1) is 5.70 Å². The highest BCUT2D eigenvalue weighted by Crippen LogP contribution is 2.26. The van der Waals surface area contributed by atoms with E-state index in [1.165, 1.54) is 11.8 Å². The molecular weight excluding hydrogens is 307 g/mol. The van der Waals surface area contributed by atoms with E-state index in [-0.39, 0.29) is 0 Å². The molecule has 0 radical (unpaired) electrons. The Balaban J connectivity index is 1.96. The highest BCUT2D eigenvalue weighted by Gasteiger charge is 2.21. The zero-order valence-electron chi connectivity index (χ0n) is 13.7. The van der Waals surface area contributed by atoms with Crippen LogP contribution in [0.15, 0.2) is 65.1 Å². The largest absolute Gasteiger partial charge is 0.677 e. The summed E-state index contributed by atoms with van der Waals surface area (Å²) in [6, 6.07) is 3.34. The first-order valence-electron chi connectivity index (χ1n) is 8.22. The van der Waals surface area contributed by atoms with Gasteiger partial charge in [-0.05, 0) is 55.8 Å². The highest BCUT2D eigenvalue weighted by molar-refractivity contribution is 6.41. The summed E-state index contributed by atoms with van der Waals surface area (Å²) in [6.45, 7) is 4.18. The van der Waals surface area contributed by atoms with Crippen molar-refractivity contribution >= 4 is 19.2 Å². The van der Waals surface area contributed by atoms with Crippen LogP contribution in [0.2, 0.25) is 0 Å². The topological polar surface area (TPSA) is 20.5 Å². The maximum Gasteiger partial charge on any atom is 0.677 e. The van der Waals surface area contributed by atoms with Crippen molar-refractivity contribution in [3.05, 3.63) is 65.8 Å². The summed E-state index contributed by atoms with van der Waals surface area (Å²) in [5.41, 5.74) is 3.10. The number of hydrogen-bond acceptors (Lipinski definition) is 2. The highest BCUT2D eigenvalue weighted by atomic mass is 19.2. The van der Waals surface area contributed by atoms with Crippen LogP contribution in [0, 0.1) is 0 Å². The SMILES string of the molecule is CCN1C=C(/C=C/C(=C2\C=CC=N2)c2cccn2B(F)F)CCC1. The van der Waals surface area contributed by atoms with Crippen LogP contribution in [-0.4, -0.2) is 36.1 Å². The van der Waals surface area contributed by atoms with Gasteiger partial charge in [0, 0.05) is 36.8 Å². The summed E-state index contributed by atoms with van der Waals surface area (Å²) < 4.78 is 27.5. The van der Waals surface area contributed by atoms with Crippen LogP contribution in [0.3, 0.4) is 0 Å². The summed E-state index contributed by atoms with van der Waals surface area (Å²) in [5.74, 6) is 0. The number of hydrogen-bond donors (Lipinski definition) is 0. The van der Waals surface area contributed by atoms with Crippen molar-refractivity contribution in [2.45, 2.75) is 19.8 Å². The summed E-state index contributed by atoms with van der Waals surface area (Å²) in [5, 5.41) is 0. The van der Waals surface area contributed by atoms with E-state index in [9.17, 15) is 8.63 Å². The maximum absolute atomic E-state index is 13.2. The lowest BCUT2D eigenvalue weighted by atomic mass is 10.0. The fourth-order valence-corrected chi connectivity index (χ4v) is 2.97. The molecule has 24 heavy (non-hydrogen) atoms. The van der Waals surface area contributed by atoms with Gasteiger partial charge >= 0.3 is 7.40 Å². The Bertz CT molecular complexity index is 727. The summed E-state index contributed by atoms with van der Waals surface area (Å²) >= 11 is 0. The summed E-state index contributed by atoms with van der Waals surface area (Å²) in [4.78, 5) is 6.56. The smallest absolute Gasteiger partial charge is 0.377 e. The van der Waals surface area contributed by atoms with Crippen molar-refractivity contribution in [3.8, 4) is 0 Å². The molecule has 3 heterocycles. The lowest BCUT2D eigenvalue weighted by Gasteiger charge is -2.24. The molecule has 0 amide bonds. The Morgan fingerprint density at radius 1 is 1.42 bits per heavy atom. The molecule has 124 valence electrons. The minimum atomic E-state index is -2.57. The zero-order valence-corrected chi connectivity index (χ0v) is 13.7. The molecule has 0 atom stereocenters. The molecule has 0 N–H and O–H groups in total. The van der Waals surface area contributed by atoms with Crippen molar-refractivity contribution < 1.29 is 8.63 Å². The number of halogens is 2. The minimum absolute atomic E-state index is 0.476. The Morgan fingerprint density at radius 2 is 2.29 bits per heavy atom. The quantitative estimate of drug-likeness (QED) is 0.744. The Labute approximate surface area is 141 Å².